The van der Waals surface area contributed by atoms with Crippen LogP contribution in [0.25, 0.3) is 33.4 Å². The smallest absolute Gasteiger partial charge is 0.295 e. The van der Waals surface area contributed by atoms with E-state index in [0.717, 1.165) is 37.7 Å². The molecule has 4 N–H and O–H groups in total. The largest absolute Gasteiger partial charge is 0.755 e. The van der Waals surface area contributed by atoms with Crippen LogP contribution in [0.5, 0.6) is 0 Å². The number of rotatable bonds is 11. The second-order valence-electron chi connectivity index (χ2n) is 19.3. The van der Waals surface area contributed by atoms with Gasteiger partial charge in [-0.15, -0.1) is 0 Å². The van der Waals surface area contributed by atoms with Crippen LogP contribution in [0, 0.1) is 52.4 Å². The quantitative estimate of drug-likeness (QED) is 0.0556. The normalized spacial score (nSPS) is 13.0. The van der Waals surface area contributed by atoms with Crippen LogP contribution in [0.1, 0.15) is 87.8 Å². The van der Waals surface area contributed by atoms with Crippen molar-refractivity contribution in [3.05, 3.63) is 105 Å². The number of aryl methyl sites for hydroxylation is 4. The number of carbonyl (C=O) groups excluding carboxylic acids is 2. The summed E-state index contributed by atoms with van der Waals surface area (Å²) in [5, 5.41) is 10.5. The van der Waals surface area contributed by atoms with Gasteiger partial charge in [-0.05, 0) is 110 Å². The molecular weight excluding hydrogens is 863 g/mol. The van der Waals surface area contributed by atoms with Gasteiger partial charge in [-0.1, -0.05) is 71.9 Å². The molecule has 6 rings (SSSR count). The zero-order valence-electron chi connectivity index (χ0n) is 39.3. The maximum atomic E-state index is 13.2. The molecule has 0 aromatic heterocycles. The number of hydrogen-bond donors (Lipinski definition) is 4. The van der Waals surface area contributed by atoms with Crippen molar-refractivity contribution in [2.75, 3.05) is 27.3 Å². The maximum Gasteiger partial charge on any atom is 0.295 e. The molecule has 15 heteroatoms. The summed E-state index contributed by atoms with van der Waals surface area (Å²) in [7, 11) is -3.37. The molecule has 1 unspecified atom stereocenters. The fourth-order valence-electron chi connectivity index (χ4n) is 8.32. The minimum Gasteiger partial charge on any atom is -0.755 e. The molecule has 0 fully saturated rings. The molecule has 13 nitrogen and oxygen atoms in total. The lowest BCUT2D eigenvalue weighted by atomic mass is 9.91. The average molecular weight is 921 g/mol. The number of hydrogen-bond acceptors (Lipinski definition) is 9. The molecule has 2 aliphatic rings. The highest BCUT2D eigenvalue weighted by Gasteiger charge is 2.27. The minimum atomic E-state index is -4.76. The van der Waals surface area contributed by atoms with Crippen molar-refractivity contribution in [1.29, 1.82) is 0 Å². The van der Waals surface area contributed by atoms with Gasteiger partial charge in [0.2, 0.25) is 11.8 Å². The van der Waals surface area contributed by atoms with E-state index in [1.54, 1.807) is 42.5 Å². The lowest BCUT2D eigenvalue weighted by molar-refractivity contribution is -0.118. The summed E-state index contributed by atoms with van der Waals surface area (Å²) in [6.45, 7) is 23.5. The second-order valence-corrected chi connectivity index (χ2v) is 21.6. The Hall–Kier alpha value is -5.87. The van der Waals surface area contributed by atoms with E-state index in [9.17, 15) is 31.3 Å². The number of fused-ring (bicyclic) bond motifs is 2. The Morgan fingerprint density at radius 3 is 1.88 bits per heavy atom. The summed E-state index contributed by atoms with van der Waals surface area (Å²) in [5.41, 5.74) is 8.87. The summed E-state index contributed by atoms with van der Waals surface area (Å²) in [5.74, 6) is 0.0659. The Labute approximate surface area is 384 Å². The van der Waals surface area contributed by atoms with E-state index in [-0.39, 0.29) is 44.4 Å². The van der Waals surface area contributed by atoms with E-state index >= 15 is 0 Å². The Morgan fingerprint density at radius 1 is 0.754 bits per heavy atom. The van der Waals surface area contributed by atoms with Crippen LogP contribution >= 0.6 is 0 Å². The van der Waals surface area contributed by atoms with Crippen molar-refractivity contribution >= 4 is 78.3 Å². The highest BCUT2D eigenvalue weighted by molar-refractivity contribution is 7.86. The van der Waals surface area contributed by atoms with E-state index in [0.29, 0.717) is 68.9 Å². The first kappa shape index (κ1) is 48.6. The Balaban J connectivity index is 1.63. The van der Waals surface area contributed by atoms with Gasteiger partial charge in [0.25, 0.3) is 10.1 Å². The minimum absolute atomic E-state index is 0.103. The molecule has 1 atom stereocenters. The Bertz CT molecular complexity index is 3070. The van der Waals surface area contributed by atoms with E-state index < -0.39 is 21.4 Å². The van der Waals surface area contributed by atoms with Gasteiger partial charge >= 0.3 is 0 Å². The van der Waals surface area contributed by atoms with Gasteiger partial charge in [0.15, 0.2) is 0 Å². The molecule has 1 aliphatic heterocycles. The van der Waals surface area contributed by atoms with Gasteiger partial charge in [-0.3, -0.25) is 18.4 Å². The standard InChI is InChI=1S/C50H59N5O8S2/c1-27-20-29(3)47(53-42(56)25-49(7,8)9)31(5)45(27)51-33-18-19-34-39(22-33)63-40-24-37(52-46-28(2)21-30(4)48(32(46)6)54-43(57)26-50(10,11)12)38(55(13)64(58)59)23-36(40)44(34)35-16-14-15-17-41(35)65(60,61)62/h14-24,52H,25-26H2,1-13H3,(H,53,56)(H,54,57)(H,58,59)(H,60,61,62)/p-1. The van der Waals surface area contributed by atoms with Crippen LogP contribution < -0.4 is 25.6 Å². The van der Waals surface area contributed by atoms with Gasteiger partial charge in [0.1, 0.15) is 16.2 Å². The van der Waals surface area contributed by atoms with Crippen LogP contribution in [0.2, 0.25) is 0 Å². The number of amides is 2. The van der Waals surface area contributed by atoms with Crippen molar-refractivity contribution in [2.24, 2.45) is 15.8 Å². The first-order valence-electron chi connectivity index (χ1n) is 21.2. The third-order valence-electron chi connectivity index (χ3n) is 11.1. The molecule has 2 amide bonds. The monoisotopic (exact) mass is 920 g/mol. The maximum absolute atomic E-state index is 13.2. The first-order valence-corrected chi connectivity index (χ1v) is 23.7. The molecule has 344 valence electrons. The van der Waals surface area contributed by atoms with Crippen LogP contribution in [-0.4, -0.2) is 40.6 Å². The third-order valence-corrected chi connectivity index (χ3v) is 12.7. The molecule has 0 spiro atoms. The fourth-order valence-corrected chi connectivity index (χ4v) is 9.33. The SMILES string of the molecule is Cc1cc(C)c(NC(=O)CC(C)(C)C)c(C)c1N=c1ccc2c(-c3ccccc3S(=O)(=O)O)c3cc(N(C)S(=O)[O-])c(Nc4c(C)cc(C)c(NC(=O)CC(C)(C)C)c4C)cc3oc-2c1. The zero-order valence-corrected chi connectivity index (χ0v) is 40.9. The van der Waals surface area contributed by atoms with Crippen molar-refractivity contribution in [3.63, 3.8) is 0 Å². The zero-order chi connectivity index (χ0) is 48.1. The van der Waals surface area contributed by atoms with Crippen molar-refractivity contribution in [3.8, 4) is 22.5 Å². The Morgan fingerprint density at radius 2 is 1.31 bits per heavy atom. The molecule has 1 aliphatic carbocycles. The first-order chi connectivity index (χ1) is 30.1. The van der Waals surface area contributed by atoms with Gasteiger partial charge < -0.3 is 29.2 Å². The Kier molecular flexibility index (Phi) is 13.6. The highest BCUT2D eigenvalue weighted by Crippen LogP contribution is 2.46. The lowest BCUT2D eigenvalue weighted by Crippen LogP contribution is -2.21. The molecule has 0 saturated carbocycles. The van der Waals surface area contributed by atoms with E-state index in [4.69, 9.17) is 9.41 Å². The molecule has 4 aromatic rings. The molecular formula is C50H58N5O8S2-. The topological polar surface area (TPSA) is 193 Å². The van der Waals surface area contributed by atoms with Crippen LogP contribution in [-0.2, 0) is 31.0 Å². The van der Waals surface area contributed by atoms with Crippen LogP contribution in [0.4, 0.5) is 34.1 Å². The highest BCUT2D eigenvalue weighted by atomic mass is 32.2. The van der Waals surface area contributed by atoms with Gasteiger partial charge in [-0.25, -0.2) is 4.99 Å². The molecule has 0 radical (unpaired) electrons. The van der Waals surface area contributed by atoms with Crippen LogP contribution in [0.3, 0.4) is 0 Å². The second kappa shape index (κ2) is 18.2. The molecule has 65 heavy (non-hydrogen) atoms. The predicted molar refractivity (Wildman–Crippen MR) is 261 cm³/mol. The van der Waals surface area contributed by atoms with Crippen LogP contribution in [0.15, 0.2) is 81.0 Å². The summed E-state index contributed by atoms with van der Waals surface area (Å²) >= 11 is -2.76. The third kappa shape index (κ3) is 10.8. The number of nitrogens with one attached hydrogen (secondary N) is 3. The summed E-state index contributed by atoms with van der Waals surface area (Å²) in [6.07, 6.45) is 0.631. The molecule has 4 aromatic carbocycles. The van der Waals surface area contributed by atoms with Crippen molar-refractivity contribution in [1.82, 2.24) is 0 Å². The molecule has 1 heterocycles. The van der Waals surface area contributed by atoms with Gasteiger partial charge in [0, 0.05) is 82.4 Å². The van der Waals surface area contributed by atoms with E-state index in [1.807, 2.05) is 95.2 Å². The lowest BCUT2D eigenvalue weighted by Gasteiger charge is -2.27. The van der Waals surface area contributed by atoms with Crippen molar-refractivity contribution in [2.45, 2.75) is 101 Å². The predicted octanol–water partition coefficient (Wildman–Crippen LogP) is 11.3. The molecule has 0 saturated heterocycles. The van der Waals surface area contributed by atoms with Gasteiger partial charge in [0.05, 0.1) is 22.4 Å². The fraction of sp³-hybridized carbons (Fsp3) is 0.340. The summed E-state index contributed by atoms with van der Waals surface area (Å²) < 4.78 is 69.6. The average Bonchev–Trinajstić information content (AvgIpc) is 3.18. The number of carbonyl (C=O) groups is 2. The number of benzene rings is 5. The summed E-state index contributed by atoms with van der Waals surface area (Å²) in [6, 6.07) is 18.4. The van der Waals surface area contributed by atoms with Gasteiger partial charge in [-0.2, -0.15) is 8.42 Å². The summed E-state index contributed by atoms with van der Waals surface area (Å²) in [4.78, 5) is 30.9. The number of nitrogens with zero attached hydrogens (tertiary/aromatic N) is 2. The van der Waals surface area contributed by atoms with E-state index in [2.05, 4.69) is 16.0 Å². The van der Waals surface area contributed by atoms with Crippen molar-refractivity contribution < 1.29 is 35.7 Å². The number of anilines is 5. The van der Waals surface area contributed by atoms with E-state index in [1.165, 1.54) is 19.2 Å². The molecule has 0 bridgehead atoms.